The van der Waals surface area contributed by atoms with Crippen LogP contribution >= 0.6 is 50.5 Å². The minimum Gasteiger partial charge on any atom is -0.436 e. The highest BCUT2D eigenvalue weighted by Gasteiger charge is 2.18. The van der Waals surface area contributed by atoms with E-state index in [4.69, 9.17) is 27.6 Å². The summed E-state index contributed by atoms with van der Waals surface area (Å²) in [7, 11) is 0. The number of aromatic nitrogens is 1. The molecule has 0 bridgehead atoms. The molecule has 0 aliphatic heterocycles. The van der Waals surface area contributed by atoms with Gasteiger partial charge in [0.05, 0.1) is 5.02 Å². The number of hydrogen-bond acceptors (Lipinski definition) is 4. The SMILES string of the molecule is O=C(Nc1ccc2oc(-c3cccc(Br)c3)nc2c1)c1sc2cc(Cl)ccc2c1Cl. The van der Waals surface area contributed by atoms with Crippen LogP contribution in [0.2, 0.25) is 10.0 Å². The van der Waals surface area contributed by atoms with Crippen LogP contribution in [0, 0.1) is 0 Å². The van der Waals surface area contributed by atoms with Gasteiger partial charge in [0.2, 0.25) is 5.89 Å². The maximum absolute atomic E-state index is 12.8. The van der Waals surface area contributed by atoms with Gasteiger partial charge in [0.25, 0.3) is 5.91 Å². The van der Waals surface area contributed by atoms with Crippen molar-refractivity contribution in [2.24, 2.45) is 0 Å². The summed E-state index contributed by atoms with van der Waals surface area (Å²) in [5, 5.41) is 4.72. The summed E-state index contributed by atoms with van der Waals surface area (Å²) in [5.74, 6) is 0.228. The third-order valence-corrected chi connectivity index (χ3v) is 6.90. The molecule has 148 valence electrons. The van der Waals surface area contributed by atoms with Gasteiger partial charge in [-0.15, -0.1) is 11.3 Å². The Kier molecular flexibility index (Phi) is 5.03. The van der Waals surface area contributed by atoms with Crippen LogP contribution < -0.4 is 5.32 Å². The Morgan fingerprint density at radius 1 is 1.07 bits per heavy atom. The predicted octanol–water partition coefficient (Wildman–Crippen LogP) is 8.03. The highest BCUT2D eigenvalue weighted by Crippen LogP contribution is 2.37. The van der Waals surface area contributed by atoms with Gasteiger partial charge in [-0.25, -0.2) is 4.98 Å². The van der Waals surface area contributed by atoms with Crippen molar-refractivity contribution in [3.8, 4) is 11.5 Å². The smallest absolute Gasteiger partial charge is 0.267 e. The Bertz CT molecular complexity index is 1440. The Balaban J connectivity index is 1.45. The maximum Gasteiger partial charge on any atom is 0.267 e. The molecule has 0 saturated heterocycles. The van der Waals surface area contributed by atoms with Crippen LogP contribution in [-0.2, 0) is 0 Å². The zero-order valence-corrected chi connectivity index (χ0v) is 19.0. The normalized spacial score (nSPS) is 11.3. The quantitative estimate of drug-likeness (QED) is 0.263. The molecule has 5 aromatic rings. The number of rotatable bonds is 3. The van der Waals surface area contributed by atoms with Crippen LogP contribution in [0.5, 0.6) is 0 Å². The number of fused-ring (bicyclic) bond motifs is 2. The second-order valence-corrected chi connectivity index (χ2v) is 9.33. The third kappa shape index (κ3) is 3.61. The molecule has 30 heavy (non-hydrogen) atoms. The largest absolute Gasteiger partial charge is 0.436 e. The van der Waals surface area contributed by atoms with Gasteiger partial charge < -0.3 is 9.73 Å². The van der Waals surface area contributed by atoms with E-state index in [2.05, 4.69) is 26.2 Å². The molecule has 1 N–H and O–H groups in total. The minimum absolute atomic E-state index is 0.285. The number of thiophene rings is 1. The number of benzene rings is 3. The van der Waals surface area contributed by atoms with Crippen LogP contribution in [0.25, 0.3) is 32.6 Å². The van der Waals surface area contributed by atoms with Crippen LogP contribution in [0.1, 0.15) is 9.67 Å². The number of nitrogens with one attached hydrogen (secondary N) is 1. The molecule has 0 aliphatic carbocycles. The molecule has 0 unspecified atom stereocenters. The Hall–Kier alpha value is -2.38. The summed E-state index contributed by atoms with van der Waals surface area (Å²) in [5.41, 5.74) is 2.75. The molecule has 2 aromatic heterocycles. The standard InChI is InChI=1S/C22H11BrCl2N2O2S/c23-12-3-1-2-11(8-12)22-27-16-10-14(5-7-17(16)29-22)26-21(28)20-19(25)15-6-4-13(24)9-18(15)30-20/h1-10H,(H,26,28). The summed E-state index contributed by atoms with van der Waals surface area (Å²) in [6, 6.07) is 18.4. The fourth-order valence-electron chi connectivity index (χ4n) is 3.12. The lowest BCUT2D eigenvalue weighted by Gasteiger charge is -2.03. The van der Waals surface area contributed by atoms with Crippen molar-refractivity contribution in [3.05, 3.63) is 80.1 Å². The second kappa shape index (κ2) is 7.71. The van der Waals surface area contributed by atoms with Crippen molar-refractivity contribution in [3.63, 3.8) is 0 Å². The average Bonchev–Trinajstić information content (AvgIpc) is 3.28. The van der Waals surface area contributed by atoms with Gasteiger partial charge in [0, 0.05) is 30.8 Å². The molecule has 0 spiro atoms. The summed E-state index contributed by atoms with van der Waals surface area (Å²) in [6.45, 7) is 0. The van der Waals surface area contributed by atoms with E-state index in [1.807, 2.05) is 30.3 Å². The van der Waals surface area contributed by atoms with Gasteiger partial charge in [0.1, 0.15) is 10.4 Å². The molecule has 5 rings (SSSR count). The van der Waals surface area contributed by atoms with Gasteiger partial charge in [-0.2, -0.15) is 0 Å². The minimum atomic E-state index is -0.285. The van der Waals surface area contributed by atoms with Crippen molar-refractivity contribution >= 4 is 83.2 Å². The second-order valence-electron chi connectivity index (χ2n) is 6.55. The third-order valence-electron chi connectivity index (χ3n) is 4.51. The number of amides is 1. The highest BCUT2D eigenvalue weighted by molar-refractivity contribution is 9.10. The summed E-state index contributed by atoms with van der Waals surface area (Å²) >= 11 is 17.2. The van der Waals surface area contributed by atoms with E-state index < -0.39 is 0 Å². The molecule has 2 heterocycles. The zero-order valence-electron chi connectivity index (χ0n) is 15.1. The fourth-order valence-corrected chi connectivity index (χ4v) is 5.21. The number of nitrogens with zero attached hydrogens (tertiary/aromatic N) is 1. The zero-order chi connectivity index (χ0) is 20.8. The van der Waals surface area contributed by atoms with E-state index in [-0.39, 0.29) is 5.91 Å². The molecular weight excluding hydrogens is 507 g/mol. The van der Waals surface area contributed by atoms with Gasteiger partial charge >= 0.3 is 0 Å². The van der Waals surface area contributed by atoms with Crippen LogP contribution in [0.4, 0.5) is 5.69 Å². The number of oxazole rings is 1. The Labute approximate surface area is 193 Å². The van der Waals surface area contributed by atoms with E-state index in [1.165, 1.54) is 11.3 Å². The summed E-state index contributed by atoms with van der Waals surface area (Å²) in [6.07, 6.45) is 0. The first-order valence-corrected chi connectivity index (χ1v) is 11.2. The van der Waals surface area contributed by atoms with Crippen molar-refractivity contribution in [1.82, 2.24) is 4.98 Å². The van der Waals surface area contributed by atoms with E-state index in [0.29, 0.717) is 37.6 Å². The molecule has 3 aromatic carbocycles. The van der Waals surface area contributed by atoms with Crippen molar-refractivity contribution < 1.29 is 9.21 Å². The Morgan fingerprint density at radius 3 is 2.77 bits per heavy atom. The molecule has 0 atom stereocenters. The number of carbonyl (C=O) groups excluding carboxylic acids is 1. The lowest BCUT2D eigenvalue weighted by molar-refractivity contribution is 0.103. The predicted molar refractivity (Wildman–Crippen MR) is 127 cm³/mol. The van der Waals surface area contributed by atoms with Gasteiger partial charge in [0.15, 0.2) is 5.58 Å². The molecule has 8 heteroatoms. The molecule has 4 nitrogen and oxygen atoms in total. The number of halogens is 3. The number of anilines is 1. The first kappa shape index (κ1) is 19.6. The van der Waals surface area contributed by atoms with Crippen LogP contribution in [-0.4, -0.2) is 10.9 Å². The number of hydrogen-bond donors (Lipinski definition) is 1. The lowest BCUT2D eigenvalue weighted by Crippen LogP contribution is -2.10. The van der Waals surface area contributed by atoms with Gasteiger partial charge in [-0.3, -0.25) is 4.79 Å². The molecule has 0 fully saturated rings. The summed E-state index contributed by atoms with van der Waals surface area (Å²) in [4.78, 5) is 17.8. The molecule has 0 aliphatic rings. The van der Waals surface area contributed by atoms with E-state index in [0.717, 1.165) is 20.1 Å². The van der Waals surface area contributed by atoms with E-state index in [1.54, 1.807) is 30.3 Å². The average molecular weight is 518 g/mol. The van der Waals surface area contributed by atoms with E-state index in [9.17, 15) is 4.79 Å². The molecular formula is C22H11BrCl2N2O2S. The van der Waals surface area contributed by atoms with Crippen LogP contribution in [0.15, 0.2) is 69.6 Å². The Morgan fingerprint density at radius 2 is 1.93 bits per heavy atom. The number of carbonyl (C=O) groups is 1. The van der Waals surface area contributed by atoms with E-state index >= 15 is 0 Å². The topological polar surface area (TPSA) is 55.1 Å². The highest BCUT2D eigenvalue weighted by atomic mass is 79.9. The first-order valence-electron chi connectivity index (χ1n) is 8.83. The molecule has 0 saturated carbocycles. The summed E-state index contributed by atoms with van der Waals surface area (Å²) < 4.78 is 7.65. The lowest BCUT2D eigenvalue weighted by atomic mass is 10.2. The van der Waals surface area contributed by atoms with Crippen LogP contribution in [0.3, 0.4) is 0 Å². The monoisotopic (exact) mass is 516 g/mol. The first-order chi connectivity index (χ1) is 14.5. The van der Waals surface area contributed by atoms with Crippen molar-refractivity contribution in [1.29, 1.82) is 0 Å². The molecule has 1 amide bonds. The molecule has 0 radical (unpaired) electrons. The van der Waals surface area contributed by atoms with Gasteiger partial charge in [-0.05, 0) is 48.5 Å². The van der Waals surface area contributed by atoms with Crippen molar-refractivity contribution in [2.75, 3.05) is 5.32 Å². The fraction of sp³-hybridized carbons (Fsp3) is 0. The van der Waals surface area contributed by atoms with Gasteiger partial charge in [-0.1, -0.05) is 51.3 Å². The van der Waals surface area contributed by atoms with Crippen molar-refractivity contribution in [2.45, 2.75) is 0 Å². The maximum atomic E-state index is 12.8.